The van der Waals surface area contributed by atoms with Gasteiger partial charge < -0.3 is 14.6 Å². The van der Waals surface area contributed by atoms with Gasteiger partial charge in [-0.25, -0.2) is 0 Å². The number of rotatable bonds is 4. The molecule has 0 aromatic heterocycles. The largest absolute Gasteiger partial charge is 0.462 e. The molecule has 0 saturated carbocycles. The third-order valence-corrected chi connectivity index (χ3v) is 3.51. The summed E-state index contributed by atoms with van der Waals surface area (Å²) in [6, 6.07) is 0. The molecule has 18 heavy (non-hydrogen) atoms. The van der Waals surface area contributed by atoms with Crippen LogP contribution in [0.1, 0.15) is 34.1 Å². The van der Waals surface area contributed by atoms with Crippen molar-refractivity contribution in [2.75, 3.05) is 7.11 Å². The summed E-state index contributed by atoms with van der Waals surface area (Å²) in [5, 5.41) is 9.89. The normalized spacial score (nSPS) is 33.8. The lowest BCUT2D eigenvalue weighted by atomic mass is 9.84. The zero-order valence-corrected chi connectivity index (χ0v) is 11.8. The molecule has 0 aromatic carbocycles. The van der Waals surface area contributed by atoms with E-state index in [-0.39, 0.29) is 30.0 Å². The molecule has 1 aliphatic heterocycles. The average Bonchev–Trinajstić information content (AvgIpc) is 2.25. The number of allylic oxidation sites excluding steroid dienone is 1. The first-order valence-electron chi connectivity index (χ1n) is 6.43. The minimum atomic E-state index is -0.582. The smallest absolute Gasteiger partial charge is 0.311 e. The van der Waals surface area contributed by atoms with Crippen molar-refractivity contribution >= 4 is 5.97 Å². The fourth-order valence-corrected chi connectivity index (χ4v) is 2.54. The highest BCUT2D eigenvalue weighted by Crippen LogP contribution is 2.30. The highest BCUT2D eigenvalue weighted by Gasteiger charge is 2.41. The maximum absolute atomic E-state index is 11.7. The number of esters is 1. The van der Waals surface area contributed by atoms with Gasteiger partial charge in [-0.3, -0.25) is 4.79 Å². The molecule has 0 aromatic rings. The second kappa shape index (κ2) is 6.34. The van der Waals surface area contributed by atoms with Crippen molar-refractivity contribution in [3.63, 3.8) is 0 Å². The molecule has 1 saturated heterocycles. The van der Waals surface area contributed by atoms with Crippen LogP contribution in [0.15, 0.2) is 11.6 Å². The first-order valence-corrected chi connectivity index (χ1v) is 6.43. The molecule has 1 heterocycles. The monoisotopic (exact) mass is 256 g/mol. The maximum atomic E-state index is 11.7. The van der Waals surface area contributed by atoms with Gasteiger partial charge in [-0.15, -0.1) is 0 Å². The summed E-state index contributed by atoms with van der Waals surface area (Å²) in [5.41, 5.74) is 1.05. The minimum Gasteiger partial charge on any atom is -0.462 e. The number of aliphatic hydroxyl groups excluding tert-OH is 1. The van der Waals surface area contributed by atoms with Crippen LogP contribution in [0, 0.1) is 11.8 Å². The van der Waals surface area contributed by atoms with Crippen LogP contribution in [0.5, 0.6) is 0 Å². The Labute approximate surface area is 109 Å². The SMILES string of the molecule is CO[C@H]1[C@@H](C)[C@H](C[C@H](O)C=C(C)C)OC(=O)[C@@H]1C. The van der Waals surface area contributed by atoms with Gasteiger partial charge in [0.25, 0.3) is 0 Å². The van der Waals surface area contributed by atoms with E-state index in [1.54, 1.807) is 13.2 Å². The molecule has 1 N–H and O–H groups in total. The highest BCUT2D eigenvalue weighted by atomic mass is 16.6. The molecule has 104 valence electrons. The van der Waals surface area contributed by atoms with E-state index in [9.17, 15) is 9.90 Å². The van der Waals surface area contributed by atoms with Crippen molar-refractivity contribution < 1.29 is 19.4 Å². The van der Waals surface area contributed by atoms with Crippen molar-refractivity contribution in [2.24, 2.45) is 11.8 Å². The Bertz CT molecular complexity index is 320. The molecular weight excluding hydrogens is 232 g/mol. The first-order chi connectivity index (χ1) is 8.36. The molecule has 0 unspecified atom stereocenters. The fourth-order valence-electron chi connectivity index (χ4n) is 2.54. The third-order valence-electron chi connectivity index (χ3n) is 3.51. The van der Waals surface area contributed by atoms with Gasteiger partial charge in [0.15, 0.2) is 0 Å². The van der Waals surface area contributed by atoms with E-state index in [1.807, 2.05) is 27.7 Å². The van der Waals surface area contributed by atoms with Crippen molar-refractivity contribution in [3.8, 4) is 0 Å². The van der Waals surface area contributed by atoms with Crippen molar-refractivity contribution in [2.45, 2.75) is 52.4 Å². The maximum Gasteiger partial charge on any atom is 0.311 e. The number of hydrogen-bond acceptors (Lipinski definition) is 4. The number of carbonyl (C=O) groups excluding carboxylic acids is 1. The lowest BCUT2D eigenvalue weighted by Crippen LogP contribution is -2.48. The Kier molecular flexibility index (Phi) is 5.35. The van der Waals surface area contributed by atoms with E-state index in [0.29, 0.717) is 6.42 Å². The molecule has 0 radical (unpaired) electrons. The second-order valence-electron chi connectivity index (χ2n) is 5.37. The second-order valence-corrected chi connectivity index (χ2v) is 5.37. The fraction of sp³-hybridized carbons (Fsp3) is 0.786. The topological polar surface area (TPSA) is 55.8 Å². The molecule has 0 amide bonds. The summed E-state index contributed by atoms with van der Waals surface area (Å²) in [6.45, 7) is 7.67. The first kappa shape index (κ1) is 15.2. The van der Waals surface area contributed by atoms with E-state index in [1.165, 1.54) is 0 Å². The van der Waals surface area contributed by atoms with E-state index >= 15 is 0 Å². The van der Waals surface area contributed by atoms with E-state index in [4.69, 9.17) is 9.47 Å². The lowest BCUT2D eigenvalue weighted by molar-refractivity contribution is -0.182. The van der Waals surface area contributed by atoms with Gasteiger partial charge in [0, 0.05) is 19.4 Å². The Hall–Kier alpha value is -0.870. The average molecular weight is 256 g/mol. The van der Waals surface area contributed by atoms with Crippen LogP contribution in [-0.4, -0.2) is 36.5 Å². The summed E-state index contributed by atoms with van der Waals surface area (Å²) in [5.74, 6) is -0.404. The van der Waals surface area contributed by atoms with E-state index in [2.05, 4.69) is 0 Å². The summed E-state index contributed by atoms with van der Waals surface area (Å²) in [6.07, 6.45) is 1.19. The van der Waals surface area contributed by atoms with Gasteiger partial charge in [0.05, 0.1) is 18.1 Å². The van der Waals surface area contributed by atoms with Crippen LogP contribution in [0.4, 0.5) is 0 Å². The quantitative estimate of drug-likeness (QED) is 0.616. The zero-order chi connectivity index (χ0) is 13.9. The zero-order valence-electron chi connectivity index (χ0n) is 11.8. The summed E-state index contributed by atoms with van der Waals surface area (Å²) in [7, 11) is 1.61. The predicted octanol–water partition coefficient (Wildman–Crippen LogP) is 1.92. The van der Waals surface area contributed by atoms with Crippen LogP contribution in [0.3, 0.4) is 0 Å². The number of aliphatic hydroxyl groups is 1. The number of cyclic esters (lactones) is 1. The van der Waals surface area contributed by atoms with Crippen molar-refractivity contribution in [3.05, 3.63) is 11.6 Å². The van der Waals surface area contributed by atoms with Gasteiger partial charge in [-0.05, 0) is 20.8 Å². The van der Waals surface area contributed by atoms with Gasteiger partial charge >= 0.3 is 5.97 Å². The molecule has 1 aliphatic rings. The molecule has 1 rings (SSSR count). The Morgan fingerprint density at radius 1 is 1.50 bits per heavy atom. The molecule has 0 aliphatic carbocycles. The summed E-state index contributed by atoms with van der Waals surface area (Å²) < 4.78 is 10.8. The molecule has 0 bridgehead atoms. The number of hydrogen-bond donors (Lipinski definition) is 1. The van der Waals surface area contributed by atoms with Gasteiger partial charge in [0.2, 0.25) is 0 Å². The number of methoxy groups -OCH3 is 1. The summed E-state index contributed by atoms with van der Waals surface area (Å²) in [4.78, 5) is 11.7. The molecule has 5 atom stereocenters. The molecular formula is C14H24O4. The van der Waals surface area contributed by atoms with Crippen LogP contribution in [0.25, 0.3) is 0 Å². The Morgan fingerprint density at radius 3 is 2.61 bits per heavy atom. The van der Waals surface area contributed by atoms with Crippen LogP contribution < -0.4 is 0 Å². The van der Waals surface area contributed by atoms with Gasteiger partial charge in [-0.1, -0.05) is 18.6 Å². The predicted molar refractivity (Wildman–Crippen MR) is 69.1 cm³/mol. The summed E-state index contributed by atoms with van der Waals surface area (Å²) >= 11 is 0. The Morgan fingerprint density at radius 2 is 2.11 bits per heavy atom. The van der Waals surface area contributed by atoms with Crippen molar-refractivity contribution in [1.82, 2.24) is 0 Å². The standard InChI is InChI=1S/C14H24O4/c1-8(2)6-11(15)7-12-9(3)13(17-5)10(4)14(16)18-12/h6,9-13,15H,7H2,1-5H3/t9-,10+,11+,12-,13-/m0/s1. The third kappa shape index (κ3) is 3.56. The van der Waals surface area contributed by atoms with Gasteiger partial charge in [-0.2, -0.15) is 0 Å². The lowest BCUT2D eigenvalue weighted by Gasteiger charge is -2.38. The molecule has 4 nitrogen and oxygen atoms in total. The van der Waals surface area contributed by atoms with Crippen molar-refractivity contribution in [1.29, 1.82) is 0 Å². The Balaban J connectivity index is 2.71. The minimum absolute atomic E-state index is 0.0860. The van der Waals surface area contributed by atoms with Crippen LogP contribution >= 0.6 is 0 Å². The van der Waals surface area contributed by atoms with Crippen LogP contribution in [0.2, 0.25) is 0 Å². The molecule has 0 spiro atoms. The van der Waals surface area contributed by atoms with E-state index < -0.39 is 6.10 Å². The van der Waals surface area contributed by atoms with E-state index in [0.717, 1.165) is 5.57 Å². The highest BCUT2D eigenvalue weighted by molar-refractivity contribution is 5.73. The molecule has 4 heteroatoms. The van der Waals surface area contributed by atoms with Gasteiger partial charge in [0.1, 0.15) is 6.10 Å². The number of ether oxygens (including phenoxy) is 2. The number of carbonyl (C=O) groups is 1. The van der Waals surface area contributed by atoms with Crippen LogP contribution in [-0.2, 0) is 14.3 Å². The molecule has 1 fully saturated rings.